The van der Waals surface area contributed by atoms with Gasteiger partial charge in [0.05, 0.1) is 12.2 Å². The van der Waals surface area contributed by atoms with E-state index in [4.69, 9.17) is 4.74 Å². The van der Waals surface area contributed by atoms with Gasteiger partial charge in [-0.25, -0.2) is 9.78 Å². The van der Waals surface area contributed by atoms with Crippen LogP contribution in [0.25, 0.3) is 5.65 Å². The van der Waals surface area contributed by atoms with Crippen molar-refractivity contribution in [1.29, 1.82) is 0 Å². The van der Waals surface area contributed by atoms with Crippen LogP contribution in [-0.2, 0) is 4.74 Å². The summed E-state index contributed by atoms with van der Waals surface area (Å²) >= 11 is 0. The highest BCUT2D eigenvalue weighted by Gasteiger charge is 2.07. The molecular formula is C12H14N2O2. The third-order valence-electron chi connectivity index (χ3n) is 2.36. The Morgan fingerprint density at radius 3 is 3.19 bits per heavy atom. The van der Waals surface area contributed by atoms with Gasteiger partial charge in [0.1, 0.15) is 5.65 Å². The minimum atomic E-state index is -0.274. The third-order valence-corrected chi connectivity index (χ3v) is 2.36. The first-order chi connectivity index (χ1) is 7.81. The molecule has 0 amide bonds. The number of ether oxygens (including phenoxy) is 1. The lowest BCUT2D eigenvalue weighted by atomic mass is 10.3. The van der Waals surface area contributed by atoms with Crippen molar-refractivity contribution in [3.05, 3.63) is 36.3 Å². The number of pyridine rings is 1. The molecule has 0 saturated heterocycles. The lowest BCUT2D eigenvalue weighted by Gasteiger charge is -2.04. The minimum Gasteiger partial charge on any atom is -0.462 e. The molecule has 4 nitrogen and oxygen atoms in total. The van der Waals surface area contributed by atoms with Gasteiger partial charge in [0.25, 0.3) is 0 Å². The summed E-state index contributed by atoms with van der Waals surface area (Å²) in [7, 11) is 0. The van der Waals surface area contributed by atoms with E-state index in [0.29, 0.717) is 12.2 Å². The molecule has 0 aromatic carbocycles. The fraction of sp³-hybridized carbons (Fsp3) is 0.333. The molecule has 0 N–H and O–H groups in total. The molecule has 0 fully saturated rings. The molecule has 2 aromatic heterocycles. The number of esters is 1. The second-order valence-electron chi connectivity index (χ2n) is 3.60. The van der Waals surface area contributed by atoms with E-state index in [1.54, 1.807) is 35.1 Å². The van der Waals surface area contributed by atoms with Crippen LogP contribution in [0.2, 0.25) is 0 Å². The quantitative estimate of drug-likeness (QED) is 0.584. The zero-order chi connectivity index (χ0) is 11.4. The van der Waals surface area contributed by atoms with E-state index in [0.717, 1.165) is 18.5 Å². The van der Waals surface area contributed by atoms with Crippen LogP contribution in [0.15, 0.2) is 30.7 Å². The van der Waals surface area contributed by atoms with Crippen molar-refractivity contribution in [1.82, 2.24) is 9.38 Å². The van der Waals surface area contributed by atoms with Gasteiger partial charge in [-0.15, -0.1) is 0 Å². The Morgan fingerprint density at radius 2 is 2.38 bits per heavy atom. The molecule has 2 heterocycles. The van der Waals surface area contributed by atoms with Gasteiger partial charge >= 0.3 is 5.97 Å². The number of nitrogens with zero attached hydrogens (tertiary/aromatic N) is 2. The zero-order valence-electron chi connectivity index (χ0n) is 9.22. The van der Waals surface area contributed by atoms with Gasteiger partial charge in [0, 0.05) is 18.6 Å². The van der Waals surface area contributed by atoms with Crippen LogP contribution in [0.5, 0.6) is 0 Å². The van der Waals surface area contributed by atoms with Crippen LogP contribution < -0.4 is 0 Å². The number of rotatable bonds is 4. The van der Waals surface area contributed by atoms with Gasteiger partial charge in [0.15, 0.2) is 0 Å². The highest BCUT2D eigenvalue weighted by atomic mass is 16.5. The van der Waals surface area contributed by atoms with Gasteiger partial charge in [-0.05, 0) is 18.6 Å². The summed E-state index contributed by atoms with van der Waals surface area (Å²) in [6.45, 7) is 2.54. The second-order valence-corrected chi connectivity index (χ2v) is 3.60. The Kier molecular flexibility index (Phi) is 3.19. The van der Waals surface area contributed by atoms with E-state index >= 15 is 0 Å². The zero-order valence-corrected chi connectivity index (χ0v) is 9.22. The Bertz CT molecular complexity index is 490. The van der Waals surface area contributed by atoms with E-state index in [2.05, 4.69) is 11.9 Å². The molecule has 0 radical (unpaired) electrons. The van der Waals surface area contributed by atoms with Crippen LogP contribution in [0.3, 0.4) is 0 Å². The van der Waals surface area contributed by atoms with Gasteiger partial charge in [0.2, 0.25) is 0 Å². The van der Waals surface area contributed by atoms with E-state index in [9.17, 15) is 4.79 Å². The van der Waals surface area contributed by atoms with Crippen molar-refractivity contribution in [2.45, 2.75) is 19.8 Å². The van der Waals surface area contributed by atoms with Gasteiger partial charge < -0.3 is 9.14 Å². The Morgan fingerprint density at radius 1 is 1.50 bits per heavy atom. The summed E-state index contributed by atoms with van der Waals surface area (Å²) in [5, 5.41) is 0. The van der Waals surface area contributed by atoms with Crippen LogP contribution in [0.1, 0.15) is 30.1 Å². The maximum absolute atomic E-state index is 11.6. The summed E-state index contributed by atoms with van der Waals surface area (Å²) < 4.78 is 6.92. The lowest BCUT2D eigenvalue weighted by molar-refractivity contribution is 0.0499. The summed E-state index contributed by atoms with van der Waals surface area (Å²) in [5.41, 5.74) is 1.38. The number of hydrogen-bond acceptors (Lipinski definition) is 3. The Balaban J connectivity index is 2.10. The summed E-state index contributed by atoms with van der Waals surface area (Å²) in [5.74, 6) is -0.274. The number of aromatic nitrogens is 2. The van der Waals surface area contributed by atoms with Crippen LogP contribution in [0, 0.1) is 0 Å². The van der Waals surface area contributed by atoms with Crippen LogP contribution in [-0.4, -0.2) is 22.0 Å². The normalized spacial score (nSPS) is 10.6. The number of imidazole rings is 1. The second kappa shape index (κ2) is 4.79. The molecule has 4 heteroatoms. The molecule has 2 aromatic rings. The molecule has 0 unspecified atom stereocenters. The van der Waals surface area contributed by atoms with E-state index in [1.807, 2.05) is 0 Å². The largest absolute Gasteiger partial charge is 0.462 e. The number of carbonyl (C=O) groups is 1. The highest BCUT2D eigenvalue weighted by molar-refractivity contribution is 5.89. The summed E-state index contributed by atoms with van der Waals surface area (Å²) in [6, 6.07) is 3.53. The maximum Gasteiger partial charge on any atom is 0.339 e. The van der Waals surface area contributed by atoms with Crippen molar-refractivity contribution in [2.24, 2.45) is 0 Å². The number of carbonyl (C=O) groups excluding carboxylic acids is 1. The van der Waals surface area contributed by atoms with Gasteiger partial charge in [-0.3, -0.25) is 0 Å². The van der Waals surface area contributed by atoms with Gasteiger partial charge in [-0.2, -0.15) is 0 Å². The SMILES string of the molecule is CCCCOC(=O)c1ccc2nccn2c1. The first-order valence-corrected chi connectivity index (χ1v) is 5.41. The fourth-order valence-electron chi connectivity index (χ4n) is 1.43. The Hall–Kier alpha value is -1.84. The van der Waals surface area contributed by atoms with Crippen LogP contribution >= 0.6 is 0 Å². The molecule has 0 aliphatic rings. The van der Waals surface area contributed by atoms with Gasteiger partial charge in [-0.1, -0.05) is 13.3 Å². The average molecular weight is 218 g/mol. The molecule has 16 heavy (non-hydrogen) atoms. The molecular weight excluding hydrogens is 204 g/mol. The first-order valence-electron chi connectivity index (χ1n) is 5.41. The monoisotopic (exact) mass is 218 g/mol. The Labute approximate surface area is 93.9 Å². The van der Waals surface area contributed by atoms with Crippen molar-refractivity contribution in [3.8, 4) is 0 Å². The standard InChI is InChI=1S/C12H14N2O2/c1-2-3-8-16-12(15)10-4-5-11-13-6-7-14(11)9-10/h4-7,9H,2-3,8H2,1H3. The highest BCUT2D eigenvalue weighted by Crippen LogP contribution is 2.06. The molecule has 2 rings (SSSR count). The lowest BCUT2D eigenvalue weighted by Crippen LogP contribution is -2.07. The number of fused-ring (bicyclic) bond motifs is 1. The average Bonchev–Trinajstić information content (AvgIpc) is 2.76. The van der Waals surface area contributed by atoms with Crippen molar-refractivity contribution < 1.29 is 9.53 Å². The third kappa shape index (κ3) is 2.21. The molecule has 0 bridgehead atoms. The summed E-state index contributed by atoms with van der Waals surface area (Å²) in [6.07, 6.45) is 7.16. The smallest absolute Gasteiger partial charge is 0.339 e. The van der Waals surface area contributed by atoms with Crippen LogP contribution in [0.4, 0.5) is 0 Å². The molecule has 0 aliphatic heterocycles. The first kappa shape index (κ1) is 10.7. The van der Waals surface area contributed by atoms with E-state index < -0.39 is 0 Å². The van der Waals surface area contributed by atoms with Crippen molar-refractivity contribution in [3.63, 3.8) is 0 Å². The molecule has 0 atom stereocenters. The topological polar surface area (TPSA) is 43.6 Å². The van der Waals surface area contributed by atoms with Crippen molar-refractivity contribution >= 4 is 11.6 Å². The fourth-order valence-corrected chi connectivity index (χ4v) is 1.43. The van der Waals surface area contributed by atoms with Crippen molar-refractivity contribution in [2.75, 3.05) is 6.61 Å². The summed E-state index contributed by atoms with van der Waals surface area (Å²) in [4.78, 5) is 15.7. The molecule has 84 valence electrons. The predicted molar refractivity (Wildman–Crippen MR) is 60.4 cm³/mol. The molecule has 0 aliphatic carbocycles. The number of hydrogen-bond donors (Lipinski definition) is 0. The predicted octanol–water partition coefficient (Wildman–Crippen LogP) is 2.29. The van der Waals surface area contributed by atoms with E-state index in [1.165, 1.54) is 0 Å². The molecule has 0 saturated carbocycles. The minimum absolute atomic E-state index is 0.274. The van der Waals surface area contributed by atoms with E-state index in [-0.39, 0.29) is 5.97 Å². The molecule has 0 spiro atoms. The number of unbranched alkanes of at least 4 members (excludes halogenated alkanes) is 1. The maximum atomic E-state index is 11.6.